The lowest BCUT2D eigenvalue weighted by molar-refractivity contribution is 0.0410. The summed E-state index contributed by atoms with van der Waals surface area (Å²) in [6.07, 6.45) is 0.0755. The number of ether oxygens (including phenoxy) is 1. The van der Waals surface area contributed by atoms with Crippen molar-refractivity contribution in [2.45, 2.75) is 32.4 Å². The molecule has 110 valence electrons. The van der Waals surface area contributed by atoms with Crippen molar-refractivity contribution >= 4 is 0 Å². The fraction of sp³-hybridized carbons (Fsp3) is 0.400. The smallest absolute Gasteiger partial charge is 0.258 e. The third-order valence-corrected chi connectivity index (χ3v) is 2.89. The van der Waals surface area contributed by atoms with Crippen LogP contribution in [0.5, 0.6) is 0 Å². The van der Waals surface area contributed by atoms with Gasteiger partial charge >= 0.3 is 0 Å². The maximum Gasteiger partial charge on any atom is 0.258 e. The molecule has 0 amide bonds. The van der Waals surface area contributed by atoms with E-state index in [1.165, 1.54) is 0 Å². The molecule has 1 atom stereocenters. The van der Waals surface area contributed by atoms with E-state index in [0.29, 0.717) is 29.4 Å². The van der Waals surface area contributed by atoms with E-state index in [-0.39, 0.29) is 6.10 Å². The minimum atomic E-state index is -0.834. The molecule has 0 aliphatic rings. The van der Waals surface area contributed by atoms with Crippen LogP contribution in [0, 0.1) is 11.3 Å². The number of rotatable bonds is 5. The number of nitrogens with two attached hydrogens (primary N) is 1. The van der Waals surface area contributed by atoms with Crippen LogP contribution in [0.2, 0.25) is 0 Å². The van der Waals surface area contributed by atoms with Crippen molar-refractivity contribution in [3.05, 3.63) is 35.7 Å². The molecule has 0 saturated carbocycles. The molecule has 0 spiro atoms. The van der Waals surface area contributed by atoms with E-state index in [2.05, 4.69) is 16.2 Å². The molecule has 1 unspecified atom stereocenters. The molecule has 0 bridgehead atoms. The lowest BCUT2D eigenvalue weighted by Gasteiger charge is -2.21. The Hall–Kier alpha value is -2.23. The summed E-state index contributed by atoms with van der Waals surface area (Å²) in [6, 6.07) is 9.04. The van der Waals surface area contributed by atoms with Crippen molar-refractivity contribution < 1.29 is 9.26 Å². The number of benzene rings is 1. The average Bonchev–Trinajstić information content (AvgIpc) is 2.96. The van der Waals surface area contributed by atoms with Crippen molar-refractivity contribution in [2.75, 3.05) is 6.61 Å². The lowest BCUT2D eigenvalue weighted by Crippen LogP contribution is -2.40. The zero-order chi connectivity index (χ0) is 15.5. The van der Waals surface area contributed by atoms with Gasteiger partial charge in [-0.1, -0.05) is 11.2 Å². The Kier molecular flexibility index (Phi) is 4.36. The number of nitrogens with zero attached hydrogens (tertiary/aromatic N) is 3. The summed E-state index contributed by atoms with van der Waals surface area (Å²) >= 11 is 0. The van der Waals surface area contributed by atoms with E-state index in [1.54, 1.807) is 31.2 Å². The topological polar surface area (TPSA) is 98.0 Å². The van der Waals surface area contributed by atoms with Crippen LogP contribution in [0.1, 0.15) is 32.2 Å². The van der Waals surface area contributed by atoms with Crippen LogP contribution in [0.25, 0.3) is 11.5 Å². The normalized spacial score (nSPS) is 13.9. The van der Waals surface area contributed by atoms with Gasteiger partial charge in [0.1, 0.15) is 5.54 Å². The highest BCUT2D eigenvalue weighted by Crippen LogP contribution is 2.22. The Morgan fingerprint density at radius 2 is 2.24 bits per heavy atom. The predicted molar refractivity (Wildman–Crippen MR) is 77.1 cm³/mol. The molecule has 1 heterocycles. The summed E-state index contributed by atoms with van der Waals surface area (Å²) in [4.78, 5) is 4.31. The molecule has 0 aliphatic heterocycles. The summed E-state index contributed by atoms with van der Waals surface area (Å²) in [5, 5.41) is 12.8. The van der Waals surface area contributed by atoms with Crippen molar-refractivity contribution in [1.29, 1.82) is 5.26 Å². The minimum Gasteiger partial charge on any atom is -0.376 e. The maximum atomic E-state index is 8.91. The molecule has 2 aromatic rings. The Labute approximate surface area is 123 Å². The van der Waals surface area contributed by atoms with E-state index in [0.717, 1.165) is 0 Å². The van der Waals surface area contributed by atoms with Crippen molar-refractivity contribution in [1.82, 2.24) is 10.1 Å². The first kappa shape index (κ1) is 15.2. The molecule has 21 heavy (non-hydrogen) atoms. The third-order valence-electron chi connectivity index (χ3n) is 2.89. The number of hydrogen-bond donors (Lipinski definition) is 1. The van der Waals surface area contributed by atoms with Crippen LogP contribution in [-0.4, -0.2) is 22.9 Å². The summed E-state index contributed by atoms with van der Waals surface area (Å²) in [6.45, 7) is 5.95. The second-order valence-electron chi connectivity index (χ2n) is 5.39. The van der Waals surface area contributed by atoms with Crippen LogP contribution in [0.3, 0.4) is 0 Å². The Morgan fingerprint density at radius 1 is 1.48 bits per heavy atom. The quantitative estimate of drug-likeness (QED) is 0.904. The number of hydrogen-bond acceptors (Lipinski definition) is 6. The highest BCUT2D eigenvalue weighted by atomic mass is 16.5. The van der Waals surface area contributed by atoms with Crippen LogP contribution in [0.4, 0.5) is 0 Å². The largest absolute Gasteiger partial charge is 0.376 e. The number of aromatic nitrogens is 2. The molecule has 1 aromatic heterocycles. The predicted octanol–water partition coefficient (Wildman–Crippen LogP) is 2.21. The Morgan fingerprint density at radius 3 is 2.90 bits per heavy atom. The summed E-state index contributed by atoms with van der Waals surface area (Å²) in [5.74, 6) is 0.712. The van der Waals surface area contributed by atoms with Gasteiger partial charge in [-0.3, -0.25) is 0 Å². The molecular weight excluding hydrogens is 268 g/mol. The van der Waals surface area contributed by atoms with Gasteiger partial charge in [0.2, 0.25) is 0 Å². The zero-order valence-electron chi connectivity index (χ0n) is 12.3. The van der Waals surface area contributed by atoms with Gasteiger partial charge in [-0.2, -0.15) is 10.2 Å². The highest BCUT2D eigenvalue weighted by Gasteiger charge is 2.28. The first-order valence-electron chi connectivity index (χ1n) is 6.67. The fourth-order valence-corrected chi connectivity index (χ4v) is 1.70. The molecule has 0 saturated heterocycles. The van der Waals surface area contributed by atoms with Gasteiger partial charge in [0.15, 0.2) is 5.82 Å². The number of nitriles is 1. The van der Waals surface area contributed by atoms with Crippen molar-refractivity contribution in [2.24, 2.45) is 5.73 Å². The van der Waals surface area contributed by atoms with Crippen molar-refractivity contribution in [3.63, 3.8) is 0 Å². The molecule has 2 rings (SSSR count). The first-order valence-corrected chi connectivity index (χ1v) is 6.67. The summed E-state index contributed by atoms with van der Waals surface area (Å²) in [7, 11) is 0. The molecular formula is C15H18N4O2. The third kappa shape index (κ3) is 3.66. The molecule has 2 N–H and O–H groups in total. The van der Waals surface area contributed by atoms with Crippen molar-refractivity contribution in [3.8, 4) is 17.5 Å². The monoisotopic (exact) mass is 286 g/mol. The van der Waals surface area contributed by atoms with Crippen LogP contribution < -0.4 is 5.73 Å². The molecule has 6 nitrogen and oxygen atoms in total. The van der Waals surface area contributed by atoms with Gasteiger partial charge in [0, 0.05) is 5.56 Å². The molecule has 0 radical (unpaired) electrons. The van der Waals surface area contributed by atoms with E-state index < -0.39 is 5.54 Å². The van der Waals surface area contributed by atoms with Crippen LogP contribution in [-0.2, 0) is 10.3 Å². The first-order chi connectivity index (χ1) is 9.92. The van der Waals surface area contributed by atoms with E-state index in [4.69, 9.17) is 20.3 Å². The summed E-state index contributed by atoms with van der Waals surface area (Å²) < 4.78 is 10.8. The average molecular weight is 286 g/mol. The van der Waals surface area contributed by atoms with Gasteiger partial charge in [0.05, 0.1) is 24.3 Å². The maximum absolute atomic E-state index is 8.91. The SMILES string of the molecule is CC(C)OCC(C)(N)c1noc(-c2cccc(C#N)c2)n1. The highest BCUT2D eigenvalue weighted by molar-refractivity contribution is 5.56. The second kappa shape index (κ2) is 6.04. The van der Waals surface area contributed by atoms with Crippen LogP contribution >= 0.6 is 0 Å². The zero-order valence-corrected chi connectivity index (χ0v) is 12.3. The van der Waals surface area contributed by atoms with Crippen LogP contribution in [0.15, 0.2) is 28.8 Å². The van der Waals surface area contributed by atoms with Gasteiger partial charge in [0.25, 0.3) is 5.89 Å². The summed E-state index contributed by atoms with van der Waals surface area (Å²) in [5.41, 5.74) is 6.56. The Bertz CT molecular complexity index is 656. The van der Waals surface area contributed by atoms with Gasteiger partial charge in [-0.05, 0) is 39.0 Å². The molecule has 1 aromatic carbocycles. The molecule has 6 heteroatoms. The minimum absolute atomic E-state index is 0.0755. The Balaban J connectivity index is 2.23. The molecule has 0 fully saturated rings. The van der Waals surface area contributed by atoms with E-state index in [9.17, 15) is 0 Å². The van der Waals surface area contributed by atoms with Gasteiger partial charge in [-0.25, -0.2) is 0 Å². The molecule has 0 aliphatic carbocycles. The fourth-order valence-electron chi connectivity index (χ4n) is 1.70. The van der Waals surface area contributed by atoms with Gasteiger partial charge in [-0.15, -0.1) is 0 Å². The van der Waals surface area contributed by atoms with E-state index in [1.807, 2.05) is 13.8 Å². The van der Waals surface area contributed by atoms with E-state index >= 15 is 0 Å². The van der Waals surface area contributed by atoms with Gasteiger partial charge < -0.3 is 15.0 Å². The lowest BCUT2D eigenvalue weighted by atomic mass is 10.1. The second-order valence-corrected chi connectivity index (χ2v) is 5.39. The standard InChI is InChI=1S/C15H18N4O2/c1-10(2)20-9-15(3,17)14-18-13(21-19-14)12-6-4-5-11(7-12)8-16/h4-7,10H,9,17H2,1-3H3.